The van der Waals surface area contributed by atoms with Crippen LogP contribution in [0.1, 0.15) is 24.5 Å². The molecule has 0 spiro atoms. The first-order valence-corrected chi connectivity index (χ1v) is 8.15. The highest BCUT2D eigenvalue weighted by Gasteiger charge is 2.28. The molecule has 0 bridgehead atoms. The van der Waals surface area contributed by atoms with Crippen molar-refractivity contribution < 1.29 is 9.47 Å². The summed E-state index contributed by atoms with van der Waals surface area (Å²) in [7, 11) is 1.72. The third-order valence-electron chi connectivity index (χ3n) is 3.60. The Hall–Kier alpha value is -0.130. The second-order valence-corrected chi connectivity index (χ2v) is 6.38. The van der Waals surface area contributed by atoms with Crippen LogP contribution in [0.3, 0.4) is 0 Å². The molecule has 0 amide bonds. The highest BCUT2D eigenvalue weighted by atomic mass is 79.9. The monoisotopic (exact) mass is 361 g/mol. The maximum absolute atomic E-state index is 6.36. The van der Waals surface area contributed by atoms with Gasteiger partial charge in [-0.15, -0.1) is 0 Å². The zero-order chi connectivity index (χ0) is 14.4. The van der Waals surface area contributed by atoms with Crippen LogP contribution in [-0.2, 0) is 9.47 Å². The number of hydrogen-bond acceptors (Lipinski definition) is 3. The van der Waals surface area contributed by atoms with Crippen molar-refractivity contribution in [3.8, 4) is 0 Å². The molecule has 5 heteroatoms. The highest BCUT2D eigenvalue weighted by molar-refractivity contribution is 9.10. The van der Waals surface area contributed by atoms with Gasteiger partial charge in [-0.3, -0.25) is 0 Å². The van der Waals surface area contributed by atoms with Crippen molar-refractivity contribution >= 4 is 27.5 Å². The quantitative estimate of drug-likeness (QED) is 0.781. The summed E-state index contributed by atoms with van der Waals surface area (Å²) in [4.78, 5) is 0. The Morgan fingerprint density at radius 1 is 1.50 bits per heavy atom. The summed E-state index contributed by atoms with van der Waals surface area (Å²) in [5.41, 5.74) is 1.09. The van der Waals surface area contributed by atoms with Crippen LogP contribution in [0.15, 0.2) is 22.7 Å². The molecule has 3 nitrogen and oxygen atoms in total. The van der Waals surface area contributed by atoms with E-state index < -0.39 is 0 Å². The molecule has 0 aliphatic carbocycles. The highest BCUT2D eigenvalue weighted by Crippen LogP contribution is 2.37. The van der Waals surface area contributed by atoms with Gasteiger partial charge in [0, 0.05) is 42.2 Å². The molecule has 2 atom stereocenters. The summed E-state index contributed by atoms with van der Waals surface area (Å²) in [6.07, 6.45) is 2.36. The van der Waals surface area contributed by atoms with Gasteiger partial charge in [-0.1, -0.05) is 33.6 Å². The zero-order valence-electron chi connectivity index (χ0n) is 11.7. The molecule has 2 rings (SSSR count). The molecule has 1 aromatic carbocycles. The van der Waals surface area contributed by atoms with Crippen LogP contribution in [0, 0.1) is 5.92 Å². The van der Waals surface area contributed by atoms with Gasteiger partial charge in [0.05, 0.1) is 12.7 Å². The van der Waals surface area contributed by atoms with Crippen LogP contribution in [-0.4, -0.2) is 33.4 Å². The van der Waals surface area contributed by atoms with E-state index in [-0.39, 0.29) is 6.10 Å². The first-order chi connectivity index (χ1) is 9.72. The minimum absolute atomic E-state index is 0.0828. The van der Waals surface area contributed by atoms with Crippen molar-refractivity contribution in [2.24, 2.45) is 5.92 Å². The molecular formula is C15H21BrClNO2. The first-order valence-electron chi connectivity index (χ1n) is 6.98. The number of halogens is 2. The van der Waals surface area contributed by atoms with E-state index in [0.717, 1.165) is 54.2 Å². The van der Waals surface area contributed by atoms with Crippen LogP contribution >= 0.6 is 27.5 Å². The lowest BCUT2D eigenvalue weighted by molar-refractivity contribution is -0.0279. The molecule has 1 aliphatic heterocycles. The standard InChI is InChI=1S/C15H21BrClNO2/c1-19-8-6-18-10-11-3-2-7-20-15(11)13-5-4-12(16)9-14(13)17/h4-5,9,11,15,18H,2-3,6-8,10H2,1H3. The molecule has 0 saturated carbocycles. The fourth-order valence-electron chi connectivity index (χ4n) is 2.59. The molecule has 1 aromatic rings. The van der Waals surface area contributed by atoms with Gasteiger partial charge in [0.2, 0.25) is 0 Å². The lowest BCUT2D eigenvalue weighted by Crippen LogP contribution is -2.33. The van der Waals surface area contributed by atoms with Crippen molar-refractivity contribution in [3.63, 3.8) is 0 Å². The minimum Gasteiger partial charge on any atom is -0.383 e. The van der Waals surface area contributed by atoms with E-state index >= 15 is 0 Å². The molecule has 1 aliphatic rings. The molecule has 0 radical (unpaired) electrons. The average molecular weight is 363 g/mol. The number of nitrogens with one attached hydrogen (secondary N) is 1. The predicted molar refractivity (Wildman–Crippen MR) is 85.3 cm³/mol. The molecule has 20 heavy (non-hydrogen) atoms. The Labute approximate surface area is 134 Å². The van der Waals surface area contributed by atoms with E-state index in [1.165, 1.54) is 0 Å². The van der Waals surface area contributed by atoms with Crippen molar-refractivity contribution in [2.75, 3.05) is 33.4 Å². The zero-order valence-corrected chi connectivity index (χ0v) is 14.0. The molecule has 0 aromatic heterocycles. The Balaban J connectivity index is 2.02. The van der Waals surface area contributed by atoms with Gasteiger partial charge in [0.15, 0.2) is 0 Å². The number of ether oxygens (including phenoxy) is 2. The van der Waals surface area contributed by atoms with Gasteiger partial charge < -0.3 is 14.8 Å². The second kappa shape index (κ2) is 8.35. The molecule has 112 valence electrons. The third kappa shape index (κ3) is 4.43. The summed E-state index contributed by atoms with van der Waals surface area (Å²) in [5, 5.41) is 4.20. The smallest absolute Gasteiger partial charge is 0.0879 e. The van der Waals surface area contributed by atoms with E-state index in [1.807, 2.05) is 12.1 Å². The van der Waals surface area contributed by atoms with E-state index in [9.17, 15) is 0 Å². The minimum atomic E-state index is 0.0828. The largest absolute Gasteiger partial charge is 0.383 e. The van der Waals surface area contributed by atoms with Crippen LogP contribution in [0.2, 0.25) is 5.02 Å². The van der Waals surface area contributed by atoms with Gasteiger partial charge >= 0.3 is 0 Å². The fraction of sp³-hybridized carbons (Fsp3) is 0.600. The van der Waals surface area contributed by atoms with Crippen molar-refractivity contribution in [2.45, 2.75) is 18.9 Å². The normalized spacial score (nSPS) is 22.9. The maximum atomic E-state index is 6.36. The molecule has 1 saturated heterocycles. The summed E-state index contributed by atoms with van der Waals surface area (Å²) in [6.45, 7) is 3.34. The summed E-state index contributed by atoms with van der Waals surface area (Å²) < 4.78 is 12.0. The summed E-state index contributed by atoms with van der Waals surface area (Å²) in [5.74, 6) is 0.458. The molecule has 1 fully saturated rings. The second-order valence-electron chi connectivity index (χ2n) is 5.06. The van der Waals surface area contributed by atoms with Gasteiger partial charge in [-0.2, -0.15) is 0 Å². The van der Waals surface area contributed by atoms with Crippen molar-refractivity contribution in [3.05, 3.63) is 33.3 Å². The summed E-state index contributed by atoms with van der Waals surface area (Å²) in [6, 6.07) is 6.02. The Bertz CT molecular complexity index is 430. The summed E-state index contributed by atoms with van der Waals surface area (Å²) >= 11 is 9.80. The van der Waals surface area contributed by atoms with Gasteiger partial charge in [-0.05, 0) is 30.5 Å². The van der Waals surface area contributed by atoms with E-state index in [4.69, 9.17) is 21.1 Å². The molecular weight excluding hydrogens is 342 g/mol. The Morgan fingerprint density at radius 2 is 2.35 bits per heavy atom. The number of benzene rings is 1. The lowest BCUT2D eigenvalue weighted by Gasteiger charge is -2.33. The van der Waals surface area contributed by atoms with Gasteiger partial charge in [0.1, 0.15) is 0 Å². The Morgan fingerprint density at radius 3 is 3.10 bits per heavy atom. The van der Waals surface area contributed by atoms with Crippen LogP contribution in [0.4, 0.5) is 0 Å². The fourth-order valence-corrected chi connectivity index (χ4v) is 3.37. The van der Waals surface area contributed by atoms with Crippen LogP contribution in [0.25, 0.3) is 0 Å². The van der Waals surface area contributed by atoms with E-state index in [1.54, 1.807) is 7.11 Å². The first kappa shape index (κ1) is 16.2. The number of rotatable bonds is 6. The average Bonchev–Trinajstić information content (AvgIpc) is 2.44. The Kier molecular flexibility index (Phi) is 6.78. The van der Waals surface area contributed by atoms with E-state index in [2.05, 4.69) is 27.3 Å². The van der Waals surface area contributed by atoms with Crippen molar-refractivity contribution in [1.82, 2.24) is 5.32 Å². The molecule has 2 unspecified atom stereocenters. The van der Waals surface area contributed by atoms with Gasteiger partial charge in [-0.25, -0.2) is 0 Å². The topological polar surface area (TPSA) is 30.5 Å². The molecule has 1 heterocycles. The van der Waals surface area contributed by atoms with Crippen molar-refractivity contribution in [1.29, 1.82) is 0 Å². The van der Waals surface area contributed by atoms with E-state index in [0.29, 0.717) is 5.92 Å². The van der Waals surface area contributed by atoms with Crippen LogP contribution < -0.4 is 5.32 Å². The number of hydrogen-bond donors (Lipinski definition) is 1. The SMILES string of the molecule is COCCNCC1CCCOC1c1ccc(Br)cc1Cl. The molecule has 1 N–H and O–H groups in total. The van der Waals surface area contributed by atoms with Gasteiger partial charge in [0.25, 0.3) is 0 Å². The number of methoxy groups -OCH3 is 1. The maximum Gasteiger partial charge on any atom is 0.0879 e. The third-order valence-corrected chi connectivity index (χ3v) is 4.42. The predicted octanol–water partition coefficient (Wildman–Crippen LogP) is 3.81. The van der Waals surface area contributed by atoms with Crippen LogP contribution in [0.5, 0.6) is 0 Å². The lowest BCUT2D eigenvalue weighted by atomic mass is 9.89.